The van der Waals surface area contributed by atoms with E-state index in [1.807, 2.05) is 19.9 Å². The van der Waals surface area contributed by atoms with E-state index in [1.54, 1.807) is 59.7 Å². The first-order chi connectivity index (χ1) is 20.9. The molecule has 0 radical (unpaired) electrons. The second-order valence-electron chi connectivity index (χ2n) is 14.1. The summed E-state index contributed by atoms with van der Waals surface area (Å²) >= 11 is 0. The average Bonchev–Trinajstić information content (AvgIpc) is 3.21. The smallest absolute Gasteiger partial charge is 0.320 e. The fraction of sp³-hybridized carbons (Fsp3) is 0.618. The number of rotatable bonds is 11. The number of pyridine rings is 1. The van der Waals surface area contributed by atoms with Crippen LogP contribution in [0, 0.1) is 24.7 Å². The summed E-state index contributed by atoms with van der Waals surface area (Å²) in [5.41, 5.74) is 2.59. The fourth-order valence-electron chi connectivity index (χ4n) is 5.27. The third kappa shape index (κ3) is 10.5. The summed E-state index contributed by atoms with van der Waals surface area (Å²) in [5.74, 6) is -2.51. The van der Waals surface area contributed by atoms with Crippen LogP contribution in [-0.4, -0.2) is 45.9 Å². The lowest BCUT2D eigenvalue weighted by Gasteiger charge is -2.33. The van der Waals surface area contributed by atoms with Gasteiger partial charge < -0.3 is 24.2 Å². The van der Waals surface area contributed by atoms with E-state index in [-0.39, 0.29) is 17.4 Å². The minimum atomic E-state index is -3.65. The Balaban J connectivity index is 1.92. The largest absolute Gasteiger partial charge is 0.506 e. The average molecular weight is 648 g/mol. The van der Waals surface area contributed by atoms with Gasteiger partial charge in [-0.15, -0.1) is 0 Å². The van der Waals surface area contributed by atoms with Crippen LogP contribution < -0.4 is 4.74 Å². The molecule has 1 unspecified atom stereocenters. The van der Waals surface area contributed by atoms with E-state index in [0.29, 0.717) is 6.42 Å². The Kier molecular flexibility index (Phi) is 12.3. The summed E-state index contributed by atoms with van der Waals surface area (Å²) in [6, 6.07) is 7.06. The van der Waals surface area contributed by atoms with Crippen molar-refractivity contribution in [3.63, 3.8) is 0 Å². The maximum absolute atomic E-state index is 12.6. The maximum atomic E-state index is 12.6. The number of carbonyl (C=O) groups is 2. The number of esters is 2. The van der Waals surface area contributed by atoms with Crippen molar-refractivity contribution in [2.75, 3.05) is 13.2 Å². The van der Waals surface area contributed by atoms with E-state index in [9.17, 15) is 24.2 Å². The summed E-state index contributed by atoms with van der Waals surface area (Å²) in [5, 5.41) is 10.6. The Morgan fingerprint density at radius 2 is 1.40 bits per heavy atom. The molecule has 1 fully saturated rings. The molecule has 2 N–H and O–H groups in total. The molecule has 1 aromatic carbocycles. The topological polar surface area (TPSA) is 141 Å². The van der Waals surface area contributed by atoms with Gasteiger partial charge in [0.25, 0.3) is 5.79 Å². The molecule has 11 heteroatoms. The van der Waals surface area contributed by atoms with Crippen molar-refractivity contribution < 1.29 is 42.9 Å². The molecule has 0 bridgehead atoms. The molecule has 1 heterocycles. The molecule has 1 aliphatic carbocycles. The lowest BCUT2D eigenvalue weighted by molar-refractivity contribution is -0.206. The Labute approximate surface area is 267 Å². The van der Waals surface area contributed by atoms with Crippen LogP contribution >= 0.6 is 8.25 Å². The van der Waals surface area contributed by atoms with Gasteiger partial charge in [0.05, 0.1) is 16.5 Å². The van der Waals surface area contributed by atoms with Crippen LogP contribution in [0.2, 0.25) is 0 Å². The zero-order valence-electron chi connectivity index (χ0n) is 28.0. The first-order valence-electron chi connectivity index (χ1n) is 15.6. The second kappa shape index (κ2) is 15.1. The number of hydrogen-bond acceptors (Lipinski definition) is 9. The number of ether oxygens (including phenoxy) is 3. The molecule has 2 aromatic rings. The number of nitrogens with zero attached hydrogens (tertiary/aromatic N) is 1. The number of aromatic nitrogens is 1. The molecule has 1 atom stereocenters. The SMILES string of the molecule is Cc1cc(OC(COC(=O)C(C)(C)C)(COC(=O)C(C)(C)C)O[PH](=O)O)cc(C)c1Cc1ccc(O)c(C2CCCCCC2)n1. The van der Waals surface area contributed by atoms with Crippen LogP contribution in [0.1, 0.15) is 114 Å². The molecule has 10 nitrogen and oxygen atoms in total. The van der Waals surface area contributed by atoms with Crippen LogP contribution in [0.4, 0.5) is 0 Å². The molecular formula is C34H50NO9P. The summed E-state index contributed by atoms with van der Waals surface area (Å²) in [6.07, 6.45) is 7.26. The van der Waals surface area contributed by atoms with Crippen LogP contribution in [0.3, 0.4) is 0 Å². The van der Waals surface area contributed by atoms with Crippen molar-refractivity contribution in [2.24, 2.45) is 10.8 Å². The van der Waals surface area contributed by atoms with Gasteiger partial charge in [-0.25, -0.2) is 0 Å². The van der Waals surface area contributed by atoms with E-state index in [4.69, 9.17) is 23.7 Å². The summed E-state index contributed by atoms with van der Waals surface area (Å²) in [6.45, 7) is 12.6. The van der Waals surface area contributed by atoms with Gasteiger partial charge in [-0.05, 0) is 109 Å². The molecule has 3 rings (SSSR count). The second-order valence-corrected chi connectivity index (χ2v) is 14.9. The minimum Gasteiger partial charge on any atom is -0.506 e. The third-order valence-electron chi connectivity index (χ3n) is 7.88. The number of benzene rings is 1. The van der Waals surface area contributed by atoms with Crippen LogP contribution in [-0.2, 0) is 34.6 Å². The van der Waals surface area contributed by atoms with E-state index >= 15 is 0 Å². The molecule has 0 amide bonds. The Morgan fingerprint density at radius 1 is 0.889 bits per heavy atom. The fourth-order valence-corrected chi connectivity index (χ4v) is 5.75. The van der Waals surface area contributed by atoms with E-state index < -0.39 is 50.0 Å². The minimum absolute atomic E-state index is 0.238. The van der Waals surface area contributed by atoms with Gasteiger partial charge in [0.1, 0.15) is 11.5 Å². The standard InChI is InChI=1S/C34H50NO9P/c1-22-17-26(18-23(2)27(22)19-25-15-16-28(36)29(35-25)24-13-11-9-10-12-14-24)43-34(44-45(39)40,20-41-30(37)32(3,4)5)21-42-31(38)33(6,7)8/h15-18,24,36,45H,9-14,19-21H2,1-8H3,(H,39,40). The van der Waals surface area contributed by atoms with Gasteiger partial charge in [-0.3, -0.25) is 23.7 Å². The molecule has 1 saturated carbocycles. The monoisotopic (exact) mass is 647 g/mol. The Morgan fingerprint density at radius 3 is 1.87 bits per heavy atom. The number of aromatic hydroxyl groups is 1. The molecule has 45 heavy (non-hydrogen) atoms. The molecule has 1 aromatic heterocycles. The number of carbonyl (C=O) groups excluding carboxylic acids is 2. The van der Waals surface area contributed by atoms with Crippen molar-refractivity contribution in [2.45, 2.75) is 112 Å². The molecule has 250 valence electrons. The zero-order valence-corrected chi connectivity index (χ0v) is 29.0. The lowest BCUT2D eigenvalue weighted by atomic mass is 9.94. The highest BCUT2D eigenvalue weighted by Gasteiger charge is 2.42. The van der Waals surface area contributed by atoms with Crippen LogP contribution in [0.25, 0.3) is 0 Å². The van der Waals surface area contributed by atoms with Gasteiger partial charge in [-0.1, -0.05) is 25.7 Å². The van der Waals surface area contributed by atoms with Gasteiger partial charge in [0, 0.05) is 18.0 Å². The predicted octanol–water partition coefficient (Wildman–Crippen LogP) is 7.08. The third-order valence-corrected chi connectivity index (χ3v) is 8.42. The van der Waals surface area contributed by atoms with Crippen molar-refractivity contribution in [3.05, 3.63) is 52.3 Å². The molecule has 1 aliphatic rings. The highest BCUT2D eigenvalue weighted by Crippen LogP contribution is 2.37. The zero-order chi connectivity index (χ0) is 33.6. The highest BCUT2D eigenvalue weighted by molar-refractivity contribution is 7.32. The Hall–Kier alpha value is -2.94. The lowest BCUT2D eigenvalue weighted by Crippen LogP contribution is -2.49. The predicted molar refractivity (Wildman–Crippen MR) is 172 cm³/mol. The molecule has 0 aliphatic heterocycles. The van der Waals surface area contributed by atoms with E-state index in [0.717, 1.165) is 53.8 Å². The van der Waals surface area contributed by atoms with Gasteiger partial charge >= 0.3 is 20.2 Å². The summed E-state index contributed by atoms with van der Waals surface area (Å²) in [4.78, 5) is 40.0. The van der Waals surface area contributed by atoms with E-state index in [1.165, 1.54) is 12.8 Å². The Bertz CT molecular complexity index is 1320. The normalized spacial score (nSPS) is 15.7. The van der Waals surface area contributed by atoms with Gasteiger partial charge in [0.2, 0.25) is 0 Å². The quantitative estimate of drug-likeness (QED) is 0.112. The van der Waals surface area contributed by atoms with E-state index in [2.05, 4.69) is 0 Å². The number of hydrogen-bond donors (Lipinski definition) is 2. The first kappa shape index (κ1) is 36.5. The van der Waals surface area contributed by atoms with Crippen LogP contribution in [0.15, 0.2) is 24.3 Å². The number of aryl methyl sites for hydroxylation is 2. The summed E-state index contributed by atoms with van der Waals surface area (Å²) < 4.78 is 34.5. The van der Waals surface area contributed by atoms with Crippen molar-refractivity contribution in [1.82, 2.24) is 4.98 Å². The highest BCUT2D eigenvalue weighted by atomic mass is 31.1. The van der Waals surface area contributed by atoms with Crippen molar-refractivity contribution >= 4 is 20.2 Å². The van der Waals surface area contributed by atoms with Gasteiger partial charge in [-0.2, -0.15) is 0 Å². The molecule has 0 saturated heterocycles. The molecule has 0 spiro atoms. The maximum Gasteiger partial charge on any atom is 0.320 e. The van der Waals surface area contributed by atoms with Crippen molar-refractivity contribution in [3.8, 4) is 11.5 Å². The molecular weight excluding hydrogens is 597 g/mol. The van der Waals surface area contributed by atoms with Crippen LogP contribution in [0.5, 0.6) is 11.5 Å². The first-order valence-corrected chi connectivity index (χ1v) is 16.9. The van der Waals surface area contributed by atoms with Gasteiger partial charge in [0.15, 0.2) is 13.2 Å². The summed E-state index contributed by atoms with van der Waals surface area (Å²) in [7, 11) is -3.65. The van der Waals surface area contributed by atoms with Crippen molar-refractivity contribution in [1.29, 1.82) is 0 Å².